The van der Waals surface area contributed by atoms with Crippen LogP contribution in [0.2, 0.25) is 0 Å². The molecule has 4 rings (SSSR count). The highest BCUT2D eigenvalue weighted by Crippen LogP contribution is 2.32. The molecule has 1 aromatic carbocycles. The van der Waals surface area contributed by atoms with Gasteiger partial charge in [-0.1, -0.05) is 0 Å². The van der Waals surface area contributed by atoms with Gasteiger partial charge < -0.3 is 30.0 Å². The first kappa shape index (κ1) is 21.2. The maximum atomic E-state index is 13.0. The fraction of sp³-hybridized carbons (Fsp3) is 0.500. The minimum atomic E-state index is -0.620. The van der Waals surface area contributed by atoms with Gasteiger partial charge >= 0.3 is 0 Å². The van der Waals surface area contributed by atoms with Crippen LogP contribution in [0.1, 0.15) is 41.5 Å². The van der Waals surface area contributed by atoms with Crippen LogP contribution in [0.25, 0.3) is 0 Å². The van der Waals surface area contributed by atoms with Gasteiger partial charge in [-0.3, -0.25) is 9.59 Å². The maximum Gasteiger partial charge on any atom is 0.252 e. The van der Waals surface area contributed by atoms with E-state index in [1.165, 1.54) is 12.8 Å². The lowest BCUT2D eigenvalue weighted by Crippen LogP contribution is -2.97. The van der Waals surface area contributed by atoms with E-state index < -0.39 is 6.04 Å². The van der Waals surface area contributed by atoms with E-state index in [2.05, 4.69) is 20.6 Å². The van der Waals surface area contributed by atoms with E-state index in [4.69, 9.17) is 9.47 Å². The van der Waals surface area contributed by atoms with Gasteiger partial charge in [-0.15, -0.1) is 0 Å². The number of hydrogen-bond acceptors (Lipinski definition) is 5. The number of amides is 2. The van der Waals surface area contributed by atoms with Gasteiger partial charge in [0.1, 0.15) is 17.3 Å². The van der Waals surface area contributed by atoms with Crippen LogP contribution < -0.4 is 20.1 Å². The molecule has 0 saturated carbocycles. The Hall–Kier alpha value is -3.07. The molecule has 0 aliphatic carbocycles. The molecule has 1 atom stereocenters. The molecule has 2 amide bonds. The van der Waals surface area contributed by atoms with Gasteiger partial charge in [0, 0.05) is 43.6 Å². The number of carbonyl (C=O) groups excluding carboxylic acids is 2. The van der Waals surface area contributed by atoms with Crippen LogP contribution in [0.3, 0.4) is 0 Å². The van der Waals surface area contributed by atoms with Gasteiger partial charge in [0.05, 0.1) is 27.1 Å². The summed E-state index contributed by atoms with van der Waals surface area (Å²) in [5.41, 5.74) is 2.73. The number of H-pyrrole nitrogens is 1. The first-order valence-corrected chi connectivity index (χ1v) is 10.7. The van der Waals surface area contributed by atoms with Crippen LogP contribution in [0, 0.1) is 0 Å². The van der Waals surface area contributed by atoms with Crippen LogP contribution in [0.4, 0.5) is 0 Å². The molecule has 1 spiro atoms. The number of nitrogens with one attached hydrogen (secondary N) is 2. The fourth-order valence-corrected chi connectivity index (χ4v) is 4.69. The number of hydrogen-bond donors (Lipinski definition) is 3. The van der Waals surface area contributed by atoms with Crippen LogP contribution >= 0.6 is 0 Å². The lowest BCUT2D eigenvalue weighted by atomic mass is 9.80. The summed E-state index contributed by atoms with van der Waals surface area (Å²) in [6, 6.07) is 4.31. The second kappa shape index (κ2) is 8.58. The van der Waals surface area contributed by atoms with E-state index in [0.717, 1.165) is 31.5 Å². The molecule has 4 N–H and O–H groups in total. The SMILES string of the molecule is COc1ccc(C(=O)N[C@@H](C)C(=O)N2CCC3(CC2)[NH2+]CCc2[nH]cnc23)cc1OC. The number of carbonyl (C=O) groups is 2. The summed E-state index contributed by atoms with van der Waals surface area (Å²) < 4.78 is 10.5. The van der Waals surface area contributed by atoms with E-state index in [1.54, 1.807) is 38.6 Å². The number of nitrogens with zero attached hydrogens (tertiary/aromatic N) is 2. The Morgan fingerprint density at radius 3 is 2.68 bits per heavy atom. The summed E-state index contributed by atoms with van der Waals surface area (Å²) in [7, 11) is 3.06. The second-order valence-electron chi connectivity index (χ2n) is 8.22. The Bertz CT molecular complexity index is 965. The zero-order valence-corrected chi connectivity index (χ0v) is 18.2. The molecule has 166 valence electrons. The molecule has 1 aromatic heterocycles. The lowest BCUT2D eigenvalue weighted by molar-refractivity contribution is -0.743. The number of rotatable bonds is 5. The zero-order chi connectivity index (χ0) is 22.0. The molecular weight excluding hydrogens is 398 g/mol. The number of ether oxygens (including phenoxy) is 2. The highest BCUT2D eigenvalue weighted by atomic mass is 16.5. The van der Waals surface area contributed by atoms with E-state index in [9.17, 15) is 9.59 Å². The van der Waals surface area contributed by atoms with E-state index in [-0.39, 0.29) is 17.4 Å². The highest BCUT2D eigenvalue weighted by Gasteiger charge is 2.46. The van der Waals surface area contributed by atoms with Crippen molar-refractivity contribution >= 4 is 11.8 Å². The fourth-order valence-electron chi connectivity index (χ4n) is 4.69. The Morgan fingerprint density at radius 1 is 1.23 bits per heavy atom. The van der Waals surface area contributed by atoms with Crippen LogP contribution in [0.15, 0.2) is 24.5 Å². The number of imidazole rings is 1. The zero-order valence-electron chi connectivity index (χ0n) is 18.2. The molecule has 3 heterocycles. The molecule has 9 nitrogen and oxygen atoms in total. The van der Waals surface area contributed by atoms with Gasteiger partial charge in [-0.2, -0.15) is 0 Å². The maximum absolute atomic E-state index is 13.0. The molecule has 1 fully saturated rings. The Kier molecular flexibility index (Phi) is 5.86. The number of nitrogens with two attached hydrogens (primary N) is 1. The van der Waals surface area contributed by atoms with Crippen LogP contribution in [-0.2, 0) is 16.8 Å². The van der Waals surface area contributed by atoms with Crippen LogP contribution in [0.5, 0.6) is 11.5 Å². The number of aromatic amines is 1. The van der Waals surface area contributed by atoms with E-state index in [0.29, 0.717) is 30.2 Å². The van der Waals surface area contributed by atoms with Crippen molar-refractivity contribution in [3.63, 3.8) is 0 Å². The summed E-state index contributed by atoms with van der Waals surface area (Å²) >= 11 is 0. The summed E-state index contributed by atoms with van der Waals surface area (Å²) in [5, 5.41) is 5.19. The molecule has 2 aliphatic rings. The number of aromatic nitrogens is 2. The first-order chi connectivity index (χ1) is 15.0. The van der Waals surface area contributed by atoms with Gasteiger partial charge in [-0.25, -0.2) is 4.98 Å². The van der Waals surface area contributed by atoms with Crippen molar-refractivity contribution in [2.75, 3.05) is 33.9 Å². The summed E-state index contributed by atoms with van der Waals surface area (Å²) in [4.78, 5) is 35.3. The number of piperidine rings is 1. The average Bonchev–Trinajstić information content (AvgIpc) is 3.29. The summed E-state index contributed by atoms with van der Waals surface area (Å²) in [6.45, 7) is 4.06. The van der Waals surface area contributed by atoms with Crippen molar-refractivity contribution < 1.29 is 24.4 Å². The first-order valence-electron chi connectivity index (χ1n) is 10.7. The topological polar surface area (TPSA) is 113 Å². The molecule has 0 bridgehead atoms. The third-order valence-electron chi connectivity index (χ3n) is 6.45. The number of likely N-dealkylation sites (tertiary alicyclic amines) is 1. The van der Waals surface area contributed by atoms with Gasteiger partial charge in [0.25, 0.3) is 5.91 Å². The molecule has 31 heavy (non-hydrogen) atoms. The molecule has 1 saturated heterocycles. The minimum absolute atomic E-state index is 0.0451. The predicted octanol–water partition coefficient (Wildman–Crippen LogP) is 0.183. The van der Waals surface area contributed by atoms with Crippen molar-refractivity contribution in [2.24, 2.45) is 0 Å². The Morgan fingerprint density at radius 2 is 1.97 bits per heavy atom. The van der Waals surface area contributed by atoms with Crippen molar-refractivity contribution in [3.8, 4) is 11.5 Å². The monoisotopic (exact) mass is 428 g/mol. The molecule has 2 aromatic rings. The number of quaternary nitrogens is 1. The van der Waals surface area contributed by atoms with Gasteiger partial charge in [-0.05, 0) is 25.1 Å². The third kappa shape index (κ3) is 3.97. The number of methoxy groups -OCH3 is 2. The molecule has 0 radical (unpaired) electrons. The lowest BCUT2D eigenvalue weighted by Gasteiger charge is -2.41. The summed E-state index contributed by atoms with van der Waals surface area (Å²) in [5.74, 6) is 0.626. The largest absolute Gasteiger partial charge is 0.493 e. The molecule has 2 aliphatic heterocycles. The van der Waals surface area contributed by atoms with Crippen LogP contribution in [-0.4, -0.2) is 66.6 Å². The van der Waals surface area contributed by atoms with Gasteiger partial charge in [0.15, 0.2) is 11.5 Å². The molecular formula is C22H30N5O4+. The highest BCUT2D eigenvalue weighted by molar-refractivity contribution is 5.98. The van der Waals surface area contributed by atoms with Crippen molar-refractivity contribution in [1.82, 2.24) is 20.2 Å². The summed E-state index contributed by atoms with van der Waals surface area (Å²) in [6.07, 6.45) is 4.48. The standard InChI is InChI=1S/C22H29N5O4/c1-14(26-20(28)15-4-5-17(30-2)18(12-15)31-3)21(29)27-10-7-22(8-11-27)19-16(6-9-25-22)23-13-24-19/h4-5,12-14,25H,6-11H2,1-3H3,(H,23,24)(H,26,28)/p+1/t14-/m0/s1. The molecule has 0 unspecified atom stereocenters. The Labute approximate surface area is 181 Å². The molecule has 9 heteroatoms. The predicted molar refractivity (Wildman–Crippen MR) is 113 cm³/mol. The third-order valence-corrected chi connectivity index (χ3v) is 6.45. The van der Waals surface area contributed by atoms with Gasteiger partial charge in [0.2, 0.25) is 5.91 Å². The minimum Gasteiger partial charge on any atom is -0.493 e. The average molecular weight is 429 g/mol. The quantitative estimate of drug-likeness (QED) is 0.629. The van der Waals surface area contributed by atoms with Crippen molar-refractivity contribution in [1.29, 1.82) is 0 Å². The number of benzene rings is 1. The Balaban J connectivity index is 1.37. The van der Waals surface area contributed by atoms with E-state index >= 15 is 0 Å². The second-order valence-corrected chi connectivity index (χ2v) is 8.22. The van der Waals surface area contributed by atoms with Crippen molar-refractivity contribution in [3.05, 3.63) is 41.5 Å². The normalized spacial score (nSPS) is 18.2. The van der Waals surface area contributed by atoms with E-state index in [1.807, 2.05) is 4.90 Å². The van der Waals surface area contributed by atoms with Crippen molar-refractivity contribution in [2.45, 2.75) is 37.8 Å². The smallest absolute Gasteiger partial charge is 0.252 e. The number of fused-ring (bicyclic) bond motifs is 2.